The van der Waals surface area contributed by atoms with Gasteiger partial charge in [-0.25, -0.2) is 0 Å². The van der Waals surface area contributed by atoms with Gasteiger partial charge >= 0.3 is 0 Å². The van der Waals surface area contributed by atoms with E-state index >= 15 is 0 Å². The monoisotopic (exact) mass is 1580 g/mol. The van der Waals surface area contributed by atoms with E-state index in [-0.39, 0.29) is 0 Å². The number of hydrogen-bond donors (Lipinski definition) is 0. The van der Waals surface area contributed by atoms with Crippen molar-refractivity contribution < 1.29 is 40.7 Å². The molecule has 0 saturated carbocycles. The number of para-hydroxylation sites is 10. The van der Waals surface area contributed by atoms with Crippen LogP contribution in [-0.4, -0.2) is 0 Å². The van der Waals surface area contributed by atoms with Gasteiger partial charge in [0, 0.05) is 86.9 Å². The Balaban J connectivity index is 0.000000101. The molecule has 0 N–H and O–H groups in total. The first-order valence-electron chi connectivity index (χ1n) is 41.9. The first-order chi connectivity index (χ1) is 60.9. The Bertz CT molecular complexity index is 8440. The van der Waals surface area contributed by atoms with Crippen molar-refractivity contribution in [3.05, 3.63) is 397 Å². The van der Waals surface area contributed by atoms with Crippen molar-refractivity contribution in [3.8, 4) is 100 Å². The van der Waals surface area contributed by atoms with Gasteiger partial charge < -0.3 is 40.7 Å². The second kappa shape index (κ2) is 28.7. The van der Waals surface area contributed by atoms with Crippen LogP contribution in [0.1, 0.15) is 33.4 Å². The third-order valence-electron chi connectivity index (χ3n) is 25.3. The van der Waals surface area contributed by atoms with Gasteiger partial charge in [0.15, 0.2) is 0 Å². The minimum absolute atomic E-state index is 0.558. The van der Waals surface area contributed by atoms with Crippen molar-refractivity contribution in [1.29, 1.82) is 0 Å². The average molecular weight is 1590 g/mol. The Hall–Kier alpha value is -15.4. The number of rotatable bonds is 6. The predicted molar refractivity (Wildman–Crippen MR) is 497 cm³/mol. The number of benzene rings is 18. The van der Waals surface area contributed by atoms with E-state index in [1.165, 1.54) is 77.9 Å². The molecule has 582 valence electrons. The fourth-order valence-electron chi connectivity index (χ4n) is 19.3. The second-order valence-electron chi connectivity index (χ2n) is 32.5. The molecule has 9 heterocycles. The maximum Gasteiger partial charge on any atom is 0.143 e. The van der Waals surface area contributed by atoms with Gasteiger partial charge in [-0.2, -0.15) is 0 Å². The van der Waals surface area contributed by atoms with Gasteiger partial charge in [-0.1, -0.05) is 267 Å². The highest BCUT2D eigenvalue weighted by Gasteiger charge is 2.26. The highest BCUT2D eigenvalue weighted by molar-refractivity contribution is 6.14. The molecule has 9 heteroatoms. The Morgan fingerprint density at radius 3 is 0.772 bits per heavy atom. The summed E-state index contributed by atoms with van der Waals surface area (Å²) in [6, 6.07) is 128. The molecule has 123 heavy (non-hydrogen) atoms. The molecule has 3 aliphatic rings. The highest BCUT2D eigenvalue weighted by Crippen LogP contribution is 2.48. The summed E-state index contributed by atoms with van der Waals surface area (Å²) in [5.41, 5.74) is 39.0. The Labute approximate surface area is 705 Å². The van der Waals surface area contributed by atoms with E-state index in [4.69, 9.17) is 40.7 Å². The first-order valence-corrected chi connectivity index (χ1v) is 41.9. The van der Waals surface area contributed by atoms with Crippen molar-refractivity contribution in [2.75, 3.05) is 0 Å². The van der Waals surface area contributed by atoms with E-state index in [0.717, 1.165) is 187 Å². The molecule has 0 atom stereocenters. The Morgan fingerprint density at radius 1 is 0.130 bits per heavy atom. The molecule has 9 nitrogen and oxygen atoms in total. The lowest BCUT2D eigenvalue weighted by atomic mass is 9.90. The van der Waals surface area contributed by atoms with E-state index in [0.29, 0.717) is 39.6 Å². The van der Waals surface area contributed by atoms with Gasteiger partial charge in [0.2, 0.25) is 0 Å². The molecular weight excluding hydrogens is 1510 g/mol. The third kappa shape index (κ3) is 11.9. The fraction of sp³-hybridized carbons (Fsp3) is 0.0526. The standard InChI is InChI=1S/3C38H24O3/c1-4-11-36-30(6-1)32-9-5-8-29(38(32)41-36)25-14-16-28-27(18-25)22-39-21-26-13-12-23(19-33(26)28)24-15-17-37-34(20-24)31-7-2-3-10-35(31)40-37;1-3-13-35-30(7-1)32-11-5-9-28(37(32)40-35)23-17-18-27-26(19-23)22-39-21-25-16-15-24(20-34(25)27)29-10-6-12-33-31-8-2-4-14-36(31)41-38(29)33;1-3-10-35-30(6-1)32-17-14-24(20-37(32)40-35)23-12-13-26-21-39-22-27-18-25(15-16-28(27)34(26)19-23)29-8-5-9-33-31-7-2-4-11-36(31)41-38(29)33/h3*1-20H,21-22H2. The van der Waals surface area contributed by atoms with Crippen LogP contribution in [0.4, 0.5) is 0 Å². The first kappa shape index (κ1) is 70.6. The number of furan rings is 6. The summed E-state index contributed by atoms with van der Waals surface area (Å²) in [7, 11) is 0. The summed E-state index contributed by atoms with van der Waals surface area (Å²) in [4.78, 5) is 0. The lowest BCUT2D eigenvalue weighted by molar-refractivity contribution is 0.110. The Kier molecular flexibility index (Phi) is 16.5. The minimum Gasteiger partial charge on any atom is -0.456 e. The van der Waals surface area contributed by atoms with Crippen LogP contribution in [0.15, 0.2) is 390 Å². The van der Waals surface area contributed by atoms with Crippen molar-refractivity contribution in [1.82, 2.24) is 0 Å². The van der Waals surface area contributed by atoms with Crippen molar-refractivity contribution >= 4 is 132 Å². The molecule has 0 unspecified atom stereocenters. The molecule has 18 aromatic carbocycles. The smallest absolute Gasteiger partial charge is 0.143 e. The van der Waals surface area contributed by atoms with Crippen LogP contribution < -0.4 is 0 Å². The maximum atomic E-state index is 6.36. The average Bonchev–Trinajstić information content (AvgIpc) is 1.65. The molecule has 24 aromatic rings. The van der Waals surface area contributed by atoms with Crippen molar-refractivity contribution in [2.24, 2.45) is 0 Å². The van der Waals surface area contributed by atoms with Crippen LogP contribution in [0.5, 0.6) is 0 Å². The van der Waals surface area contributed by atoms with Gasteiger partial charge in [-0.15, -0.1) is 0 Å². The molecular formula is C114H72O9. The van der Waals surface area contributed by atoms with Crippen molar-refractivity contribution in [2.45, 2.75) is 39.6 Å². The van der Waals surface area contributed by atoms with Crippen molar-refractivity contribution in [3.63, 3.8) is 0 Å². The minimum atomic E-state index is 0.558. The summed E-state index contributed by atoms with van der Waals surface area (Å²) in [5, 5.41) is 13.7. The van der Waals surface area contributed by atoms with Gasteiger partial charge in [-0.05, 0) is 208 Å². The van der Waals surface area contributed by atoms with E-state index in [2.05, 4.69) is 291 Å². The molecule has 0 amide bonds. The quantitative estimate of drug-likeness (QED) is 0.161. The lowest BCUT2D eigenvalue weighted by Crippen LogP contribution is -1.91. The Morgan fingerprint density at radius 2 is 0.382 bits per heavy atom. The summed E-state index contributed by atoms with van der Waals surface area (Å²) < 4.78 is 56.2. The number of ether oxygens (including phenoxy) is 3. The molecule has 0 saturated heterocycles. The highest BCUT2D eigenvalue weighted by atomic mass is 16.5. The van der Waals surface area contributed by atoms with Gasteiger partial charge in [0.1, 0.15) is 67.0 Å². The van der Waals surface area contributed by atoms with Crippen LogP contribution >= 0.6 is 0 Å². The summed E-state index contributed by atoms with van der Waals surface area (Å²) in [6.45, 7) is 3.44. The van der Waals surface area contributed by atoms with Crippen LogP contribution in [0, 0.1) is 0 Å². The largest absolute Gasteiger partial charge is 0.456 e. The van der Waals surface area contributed by atoms with Crippen LogP contribution in [0.3, 0.4) is 0 Å². The molecule has 0 aliphatic carbocycles. The van der Waals surface area contributed by atoms with E-state index in [1.807, 2.05) is 72.8 Å². The fourth-order valence-corrected chi connectivity index (χ4v) is 19.3. The molecule has 6 aromatic heterocycles. The summed E-state index contributed by atoms with van der Waals surface area (Å²) >= 11 is 0. The SMILES string of the molecule is c1ccc2c(c1)oc1c(-c3ccc4c(c3)COCc3ccc(-c5cccc6c5oc5ccccc56)cc3-4)cccc12.c1ccc2c(c1)oc1cc(-c3ccc4c(c3)-c3ccc(-c5cccc6c5oc5ccccc56)cc3COC4)ccc12.c1ccc2c(c1)oc1ccc(-c3ccc4c(c3)-c3ccc(-c5cccc6c5oc5ccccc56)cc3COC4)cc12. The molecule has 0 radical (unpaired) electrons. The molecule has 0 fully saturated rings. The zero-order valence-corrected chi connectivity index (χ0v) is 66.6. The summed E-state index contributed by atoms with van der Waals surface area (Å²) in [5.74, 6) is 0. The lowest BCUT2D eigenvalue weighted by Gasteiger charge is -2.13. The topological polar surface area (TPSA) is 107 Å². The second-order valence-corrected chi connectivity index (χ2v) is 32.5. The summed E-state index contributed by atoms with van der Waals surface area (Å²) in [6.07, 6.45) is 0. The third-order valence-corrected chi connectivity index (χ3v) is 25.3. The normalized spacial score (nSPS) is 13.1. The van der Waals surface area contributed by atoms with Crippen LogP contribution in [0.2, 0.25) is 0 Å². The zero-order chi connectivity index (χ0) is 80.7. The van der Waals surface area contributed by atoms with Gasteiger partial charge in [0.25, 0.3) is 0 Å². The molecule has 3 aliphatic heterocycles. The van der Waals surface area contributed by atoms with E-state index < -0.39 is 0 Å². The van der Waals surface area contributed by atoms with Crippen LogP contribution in [0.25, 0.3) is 232 Å². The van der Waals surface area contributed by atoms with Gasteiger partial charge in [0.05, 0.1) is 39.6 Å². The molecule has 0 spiro atoms. The van der Waals surface area contributed by atoms with E-state index in [9.17, 15) is 0 Å². The molecule has 0 bridgehead atoms. The number of fused-ring (bicyclic) bond motifs is 27. The van der Waals surface area contributed by atoms with E-state index in [1.54, 1.807) is 0 Å². The number of hydrogen-bond acceptors (Lipinski definition) is 9. The maximum absolute atomic E-state index is 6.36. The predicted octanol–water partition coefficient (Wildman–Crippen LogP) is 31.5. The zero-order valence-electron chi connectivity index (χ0n) is 66.6. The van der Waals surface area contributed by atoms with Gasteiger partial charge in [-0.3, -0.25) is 0 Å². The van der Waals surface area contributed by atoms with Crippen LogP contribution in [-0.2, 0) is 53.9 Å². The molecule has 27 rings (SSSR count).